The average Bonchev–Trinajstić information content (AvgIpc) is 2.28. The predicted molar refractivity (Wildman–Crippen MR) is 71.5 cm³/mol. The smallest absolute Gasteiger partial charge is 0.317 e. The van der Waals surface area contributed by atoms with Crippen LogP contribution in [0.4, 0.5) is 4.79 Å². The van der Waals surface area contributed by atoms with Gasteiger partial charge in [-0.1, -0.05) is 20.8 Å². The number of amides is 2. The molecule has 0 aliphatic rings. The molecule has 5 heteroatoms. The maximum absolute atomic E-state index is 11.9. The number of aliphatic carboxylic acids is 1. The fraction of sp³-hybridized carbons (Fsp3) is 0.846. The topological polar surface area (TPSA) is 69.6 Å². The number of nitrogens with one attached hydrogen (secondary N) is 1. The number of carboxylic acids is 1. The van der Waals surface area contributed by atoms with E-state index in [4.69, 9.17) is 5.11 Å². The van der Waals surface area contributed by atoms with Crippen molar-refractivity contribution < 1.29 is 14.7 Å². The molecule has 0 saturated heterocycles. The maximum atomic E-state index is 11.9. The Morgan fingerprint density at radius 3 is 2.11 bits per heavy atom. The number of nitrogens with zero attached hydrogens (tertiary/aromatic N) is 1. The van der Waals surface area contributed by atoms with Gasteiger partial charge in [-0.2, -0.15) is 0 Å². The summed E-state index contributed by atoms with van der Waals surface area (Å²) in [5.74, 6) is -1.40. The van der Waals surface area contributed by atoms with E-state index in [0.717, 1.165) is 6.42 Å². The normalized spacial score (nSPS) is 14.1. The Bertz CT molecular complexity index is 279. The van der Waals surface area contributed by atoms with Gasteiger partial charge in [0.1, 0.15) is 0 Å². The maximum Gasteiger partial charge on any atom is 0.317 e. The van der Waals surface area contributed by atoms with Crippen LogP contribution in [0.2, 0.25) is 0 Å². The summed E-state index contributed by atoms with van der Waals surface area (Å²) in [6.07, 6.45) is 0.883. The van der Waals surface area contributed by atoms with Crippen LogP contribution in [0.25, 0.3) is 0 Å². The SMILES string of the molecule is CCC(C)N(CC)C(=O)NCC(C(=O)O)C(C)C. The van der Waals surface area contributed by atoms with Crippen molar-refractivity contribution >= 4 is 12.0 Å². The van der Waals surface area contributed by atoms with Gasteiger partial charge in [0.05, 0.1) is 5.92 Å². The first kappa shape index (κ1) is 16.7. The summed E-state index contributed by atoms with van der Waals surface area (Å²) < 4.78 is 0. The monoisotopic (exact) mass is 258 g/mol. The fourth-order valence-electron chi connectivity index (χ4n) is 1.78. The minimum absolute atomic E-state index is 0.00137. The van der Waals surface area contributed by atoms with E-state index in [1.54, 1.807) is 4.90 Å². The number of carbonyl (C=O) groups is 2. The van der Waals surface area contributed by atoms with E-state index in [0.29, 0.717) is 6.54 Å². The molecule has 5 nitrogen and oxygen atoms in total. The second-order valence-electron chi connectivity index (χ2n) is 4.92. The van der Waals surface area contributed by atoms with E-state index in [9.17, 15) is 9.59 Å². The van der Waals surface area contributed by atoms with Gasteiger partial charge >= 0.3 is 12.0 Å². The molecular weight excluding hydrogens is 232 g/mol. The fourth-order valence-corrected chi connectivity index (χ4v) is 1.78. The predicted octanol–water partition coefficient (Wildman–Crippen LogP) is 2.17. The molecule has 0 bridgehead atoms. The van der Waals surface area contributed by atoms with Crippen molar-refractivity contribution in [1.29, 1.82) is 0 Å². The minimum Gasteiger partial charge on any atom is -0.481 e. The molecule has 2 unspecified atom stereocenters. The molecule has 0 aliphatic carbocycles. The van der Waals surface area contributed by atoms with E-state index < -0.39 is 11.9 Å². The first-order valence-electron chi connectivity index (χ1n) is 6.62. The lowest BCUT2D eigenvalue weighted by Crippen LogP contribution is -2.47. The molecule has 0 radical (unpaired) electrons. The highest BCUT2D eigenvalue weighted by molar-refractivity contribution is 5.76. The van der Waals surface area contributed by atoms with Crippen molar-refractivity contribution in [1.82, 2.24) is 10.2 Å². The minimum atomic E-state index is -0.864. The molecule has 106 valence electrons. The van der Waals surface area contributed by atoms with Crippen molar-refractivity contribution in [3.63, 3.8) is 0 Å². The third kappa shape index (κ3) is 4.94. The zero-order chi connectivity index (χ0) is 14.3. The third-order valence-electron chi connectivity index (χ3n) is 3.32. The lowest BCUT2D eigenvalue weighted by molar-refractivity contribution is -0.142. The molecule has 0 saturated carbocycles. The summed E-state index contributed by atoms with van der Waals surface area (Å²) >= 11 is 0. The standard InChI is InChI=1S/C13H26N2O3/c1-6-10(5)15(7-2)13(18)14-8-11(9(3)4)12(16)17/h9-11H,6-8H2,1-5H3,(H,14,18)(H,16,17). The van der Waals surface area contributed by atoms with Crippen molar-refractivity contribution in [2.45, 2.75) is 47.1 Å². The second kappa shape index (κ2) is 7.95. The molecule has 0 fully saturated rings. The molecule has 0 spiro atoms. The average molecular weight is 258 g/mol. The quantitative estimate of drug-likeness (QED) is 0.735. The Morgan fingerprint density at radius 2 is 1.78 bits per heavy atom. The van der Waals surface area contributed by atoms with Crippen LogP contribution in [0.3, 0.4) is 0 Å². The van der Waals surface area contributed by atoms with Crippen LogP contribution >= 0.6 is 0 Å². The van der Waals surface area contributed by atoms with Crippen molar-refractivity contribution in [3.05, 3.63) is 0 Å². The second-order valence-corrected chi connectivity index (χ2v) is 4.92. The van der Waals surface area contributed by atoms with Crippen LogP contribution in [0.1, 0.15) is 41.0 Å². The first-order valence-corrected chi connectivity index (χ1v) is 6.62. The Hall–Kier alpha value is -1.26. The summed E-state index contributed by atoms with van der Waals surface area (Å²) in [6, 6.07) is -0.0175. The van der Waals surface area contributed by atoms with Gasteiger partial charge in [0.25, 0.3) is 0 Å². The summed E-state index contributed by atoms with van der Waals surface area (Å²) in [4.78, 5) is 24.7. The molecule has 0 aromatic carbocycles. The van der Waals surface area contributed by atoms with Gasteiger partial charge in [-0.3, -0.25) is 4.79 Å². The van der Waals surface area contributed by atoms with Crippen LogP contribution in [-0.4, -0.2) is 41.1 Å². The van der Waals surface area contributed by atoms with E-state index >= 15 is 0 Å². The number of carbonyl (C=O) groups excluding carboxylic acids is 1. The summed E-state index contributed by atoms with van der Waals surface area (Å²) in [5, 5.41) is 11.8. The largest absolute Gasteiger partial charge is 0.481 e. The molecule has 2 N–H and O–H groups in total. The molecule has 0 aromatic heterocycles. The van der Waals surface area contributed by atoms with Crippen LogP contribution in [-0.2, 0) is 4.79 Å². The highest BCUT2D eigenvalue weighted by Crippen LogP contribution is 2.10. The van der Waals surface area contributed by atoms with Gasteiger partial charge < -0.3 is 15.3 Å². The van der Waals surface area contributed by atoms with E-state index in [2.05, 4.69) is 5.32 Å². The number of hydrogen-bond acceptors (Lipinski definition) is 2. The van der Waals surface area contributed by atoms with E-state index in [-0.39, 0.29) is 24.5 Å². The van der Waals surface area contributed by atoms with Crippen molar-refractivity contribution in [3.8, 4) is 0 Å². The van der Waals surface area contributed by atoms with Crippen LogP contribution < -0.4 is 5.32 Å². The third-order valence-corrected chi connectivity index (χ3v) is 3.32. The van der Waals surface area contributed by atoms with Crippen LogP contribution in [0.15, 0.2) is 0 Å². The van der Waals surface area contributed by atoms with Gasteiger partial charge in [-0.15, -0.1) is 0 Å². The zero-order valence-electron chi connectivity index (χ0n) is 12.1. The molecule has 0 aliphatic heterocycles. The van der Waals surface area contributed by atoms with Gasteiger partial charge in [-0.25, -0.2) is 4.79 Å². The van der Waals surface area contributed by atoms with Crippen molar-refractivity contribution in [2.24, 2.45) is 11.8 Å². The summed E-state index contributed by atoms with van der Waals surface area (Å²) in [7, 11) is 0. The summed E-state index contributed by atoms with van der Waals surface area (Å²) in [5.41, 5.74) is 0. The number of urea groups is 1. The number of rotatable bonds is 7. The Labute approximate surface area is 110 Å². The molecule has 2 atom stereocenters. The van der Waals surface area contributed by atoms with Crippen molar-refractivity contribution in [2.75, 3.05) is 13.1 Å². The lowest BCUT2D eigenvalue weighted by atomic mass is 9.96. The Kier molecular flexibility index (Phi) is 7.39. The molecule has 0 heterocycles. The Morgan fingerprint density at radius 1 is 1.22 bits per heavy atom. The number of hydrogen-bond donors (Lipinski definition) is 2. The molecular formula is C13H26N2O3. The first-order chi connectivity index (χ1) is 8.34. The lowest BCUT2D eigenvalue weighted by Gasteiger charge is -2.28. The molecule has 0 rings (SSSR count). The Balaban J connectivity index is 4.42. The van der Waals surface area contributed by atoms with Crippen LogP contribution in [0.5, 0.6) is 0 Å². The van der Waals surface area contributed by atoms with Crippen LogP contribution in [0, 0.1) is 11.8 Å². The van der Waals surface area contributed by atoms with E-state index in [1.807, 2.05) is 34.6 Å². The van der Waals surface area contributed by atoms with Gasteiger partial charge in [0, 0.05) is 19.1 Å². The molecule has 2 amide bonds. The highest BCUT2D eigenvalue weighted by atomic mass is 16.4. The van der Waals surface area contributed by atoms with Gasteiger partial charge in [0.2, 0.25) is 0 Å². The zero-order valence-corrected chi connectivity index (χ0v) is 12.1. The van der Waals surface area contributed by atoms with Gasteiger partial charge in [0.15, 0.2) is 0 Å². The molecule has 18 heavy (non-hydrogen) atoms. The number of carboxylic acid groups (broad SMARTS) is 1. The van der Waals surface area contributed by atoms with Gasteiger partial charge in [-0.05, 0) is 26.2 Å². The summed E-state index contributed by atoms with van der Waals surface area (Å²) in [6.45, 7) is 10.4. The molecule has 0 aromatic rings. The van der Waals surface area contributed by atoms with E-state index in [1.165, 1.54) is 0 Å². The highest BCUT2D eigenvalue weighted by Gasteiger charge is 2.24.